The molecule has 0 aromatic heterocycles. The molecule has 2 saturated heterocycles. The summed E-state index contributed by atoms with van der Waals surface area (Å²) in [6.45, 7) is 11.1. The Labute approximate surface area is 307 Å². The molecule has 3 rings (SSSR count). The van der Waals surface area contributed by atoms with Crippen molar-refractivity contribution >= 4 is 64.6 Å². The summed E-state index contributed by atoms with van der Waals surface area (Å²) in [5, 5.41) is 8.20. The molecule has 13 nitrogen and oxygen atoms in total. The van der Waals surface area contributed by atoms with Gasteiger partial charge in [-0.2, -0.15) is 0 Å². The topological polar surface area (TPSA) is 166 Å². The SMILES string of the molecule is COC(=O)[C@@]1(O[C@@H]2C(C)[C@H](OC(=N)C(Cl)(Cl)Cl)OC(COC(=O)c3ccccc3)[C@@H]2C)CC(C)[C@H](C)[C@H]([C@H](C)C(COC(C)=O)OC(C)=O)O1. The van der Waals surface area contributed by atoms with Crippen LogP contribution in [0.4, 0.5) is 0 Å². The van der Waals surface area contributed by atoms with Crippen LogP contribution in [0, 0.1) is 35.0 Å². The van der Waals surface area contributed by atoms with Crippen LogP contribution in [0.5, 0.6) is 0 Å². The normalized spacial score (nSPS) is 31.0. The van der Waals surface area contributed by atoms with Crippen LogP contribution < -0.4 is 0 Å². The third-order valence-electron chi connectivity index (χ3n) is 9.27. The number of carbonyl (C=O) groups excluding carboxylic acids is 4. The maximum Gasteiger partial charge on any atom is 0.366 e. The van der Waals surface area contributed by atoms with E-state index in [4.69, 9.17) is 78.1 Å². The molecule has 280 valence electrons. The molecule has 2 aliphatic heterocycles. The van der Waals surface area contributed by atoms with Crippen LogP contribution in [-0.4, -0.2) is 90.4 Å². The van der Waals surface area contributed by atoms with Gasteiger partial charge >= 0.3 is 23.9 Å². The van der Waals surface area contributed by atoms with E-state index in [-0.39, 0.29) is 31.5 Å². The molecule has 4 unspecified atom stereocenters. The zero-order chi connectivity index (χ0) is 37.6. The molecule has 0 amide bonds. The second-order valence-electron chi connectivity index (χ2n) is 12.9. The lowest BCUT2D eigenvalue weighted by Crippen LogP contribution is -2.62. The lowest BCUT2D eigenvalue weighted by molar-refractivity contribution is -0.349. The highest BCUT2D eigenvalue weighted by Crippen LogP contribution is 2.45. The molecule has 50 heavy (non-hydrogen) atoms. The first kappa shape index (κ1) is 41.7. The summed E-state index contributed by atoms with van der Waals surface area (Å²) in [5.41, 5.74) is 0.326. The predicted molar refractivity (Wildman–Crippen MR) is 182 cm³/mol. The largest absolute Gasteiger partial charge is 0.465 e. The van der Waals surface area contributed by atoms with Crippen LogP contribution in [-0.2, 0) is 52.3 Å². The Bertz CT molecular complexity index is 1360. The molecule has 1 aromatic rings. The van der Waals surface area contributed by atoms with Crippen molar-refractivity contribution in [2.45, 2.75) is 95.2 Å². The van der Waals surface area contributed by atoms with Gasteiger partial charge in [-0.15, -0.1) is 0 Å². The molecule has 0 spiro atoms. The Hall–Kier alpha value is -2.68. The van der Waals surface area contributed by atoms with E-state index < -0.39 is 87.8 Å². The number of nitrogens with one attached hydrogen (secondary N) is 1. The number of alkyl halides is 3. The fourth-order valence-corrected chi connectivity index (χ4v) is 6.38. The molecular formula is C34H46Cl3NO12. The van der Waals surface area contributed by atoms with E-state index in [0.29, 0.717) is 5.56 Å². The minimum Gasteiger partial charge on any atom is -0.465 e. The Kier molecular flexibility index (Phi) is 14.8. The maximum atomic E-state index is 13.8. The summed E-state index contributed by atoms with van der Waals surface area (Å²) >= 11 is 17.8. The van der Waals surface area contributed by atoms with Crippen molar-refractivity contribution in [2.24, 2.45) is 29.6 Å². The summed E-state index contributed by atoms with van der Waals surface area (Å²) in [5.74, 6) is -7.50. The quantitative estimate of drug-likeness (QED) is 0.0915. The van der Waals surface area contributed by atoms with Crippen LogP contribution in [0.3, 0.4) is 0 Å². The fraction of sp³-hybridized carbons (Fsp3) is 0.676. The number of esters is 4. The van der Waals surface area contributed by atoms with Gasteiger partial charge in [0.15, 0.2) is 0 Å². The molecule has 1 aromatic carbocycles. The summed E-state index contributed by atoms with van der Waals surface area (Å²) < 4.78 is 44.5. The van der Waals surface area contributed by atoms with E-state index in [1.165, 1.54) is 21.0 Å². The smallest absolute Gasteiger partial charge is 0.366 e. The summed E-state index contributed by atoms with van der Waals surface area (Å²) in [6, 6.07) is 8.38. The number of methoxy groups -OCH3 is 1. The minimum absolute atomic E-state index is 0.0756. The second-order valence-corrected chi connectivity index (χ2v) is 15.2. The van der Waals surface area contributed by atoms with Gasteiger partial charge in [-0.25, -0.2) is 9.59 Å². The summed E-state index contributed by atoms with van der Waals surface area (Å²) in [7, 11) is 1.21. The van der Waals surface area contributed by atoms with Gasteiger partial charge in [0.1, 0.15) is 25.4 Å². The average Bonchev–Trinajstić information content (AvgIpc) is 3.05. The number of hydrogen-bond donors (Lipinski definition) is 1. The van der Waals surface area contributed by atoms with E-state index >= 15 is 0 Å². The van der Waals surface area contributed by atoms with E-state index in [2.05, 4.69) is 0 Å². The van der Waals surface area contributed by atoms with Crippen LogP contribution in [0.25, 0.3) is 0 Å². The van der Waals surface area contributed by atoms with Gasteiger partial charge in [-0.3, -0.25) is 15.0 Å². The zero-order valence-electron chi connectivity index (χ0n) is 29.3. The highest BCUT2D eigenvalue weighted by molar-refractivity contribution is 6.76. The highest BCUT2D eigenvalue weighted by Gasteiger charge is 2.57. The van der Waals surface area contributed by atoms with Crippen molar-refractivity contribution in [1.29, 1.82) is 5.41 Å². The number of benzene rings is 1. The van der Waals surface area contributed by atoms with Crippen molar-refractivity contribution in [1.82, 2.24) is 0 Å². The van der Waals surface area contributed by atoms with Gasteiger partial charge in [0.25, 0.3) is 9.58 Å². The highest BCUT2D eigenvalue weighted by atomic mass is 35.6. The lowest BCUT2D eigenvalue weighted by Gasteiger charge is -2.51. The van der Waals surface area contributed by atoms with Crippen LogP contribution in [0.2, 0.25) is 0 Å². The Morgan fingerprint density at radius 1 is 0.980 bits per heavy atom. The molecule has 2 heterocycles. The average molecular weight is 767 g/mol. The molecule has 2 fully saturated rings. The molecule has 11 atom stereocenters. The first-order chi connectivity index (χ1) is 23.3. The lowest BCUT2D eigenvalue weighted by atomic mass is 9.76. The van der Waals surface area contributed by atoms with Crippen molar-refractivity contribution in [3.05, 3.63) is 35.9 Å². The van der Waals surface area contributed by atoms with Gasteiger partial charge < -0.3 is 37.9 Å². The number of carbonyl (C=O) groups is 4. The Morgan fingerprint density at radius 3 is 2.18 bits per heavy atom. The van der Waals surface area contributed by atoms with Crippen molar-refractivity contribution < 1.29 is 57.1 Å². The summed E-state index contributed by atoms with van der Waals surface area (Å²) in [4.78, 5) is 50.3. The van der Waals surface area contributed by atoms with E-state index in [9.17, 15) is 19.2 Å². The molecule has 16 heteroatoms. The van der Waals surface area contributed by atoms with E-state index in [1.807, 2.05) is 13.8 Å². The van der Waals surface area contributed by atoms with Gasteiger partial charge in [-0.05, 0) is 24.0 Å². The molecule has 0 saturated carbocycles. The Morgan fingerprint density at radius 2 is 1.62 bits per heavy atom. The van der Waals surface area contributed by atoms with Crippen molar-refractivity contribution in [3.8, 4) is 0 Å². The molecule has 1 N–H and O–H groups in total. The molecular weight excluding hydrogens is 721 g/mol. The van der Waals surface area contributed by atoms with Gasteiger partial charge in [-0.1, -0.05) is 87.6 Å². The first-order valence-electron chi connectivity index (χ1n) is 16.3. The van der Waals surface area contributed by atoms with Crippen LogP contribution in [0.1, 0.15) is 65.2 Å². The number of ether oxygens (including phenoxy) is 8. The van der Waals surface area contributed by atoms with Gasteiger partial charge in [0.2, 0.25) is 12.2 Å². The van der Waals surface area contributed by atoms with Crippen LogP contribution in [0.15, 0.2) is 30.3 Å². The zero-order valence-corrected chi connectivity index (χ0v) is 31.6. The number of hydrogen-bond acceptors (Lipinski definition) is 13. The standard InChI is InChI=1S/C34H46Cl3NO12/c1-17-14-33(32(42)43-8,49-27(18(17)2)19(3)25(46-23(7)40)15-44-22(6)39)50-28-20(4)26(16-45-29(41)24-12-10-9-11-13-24)47-30(21(28)5)48-31(38)34(35,36)37/h9-13,17-21,25-28,30,38H,14-16H2,1-8H3/t17?,18-,19+,20-,21?,25?,26?,27+,28-,30-,33-/m0/s1. The van der Waals surface area contributed by atoms with Gasteiger partial charge in [0, 0.05) is 38.0 Å². The number of rotatable bonds is 12. The van der Waals surface area contributed by atoms with Gasteiger partial charge in [0.05, 0.1) is 24.9 Å². The minimum atomic E-state index is -2.21. The number of halogens is 3. The fourth-order valence-electron chi connectivity index (χ4n) is 6.25. The monoisotopic (exact) mass is 765 g/mol. The van der Waals surface area contributed by atoms with E-state index in [0.717, 1.165) is 0 Å². The predicted octanol–water partition coefficient (Wildman–Crippen LogP) is 5.65. The maximum absolute atomic E-state index is 13.8. The second kappa shape index (κ2) is 17.7. The molecule has 0 radical (unpaired) electrons. The van der Waals surface area contributed by atoms with Crippen LogP contribution >= 0.6 is 34.8 Å². The first-order valence-corrected chi connectivity index (χ1v) is 17.4. The third-order valence-corrected chi connectivity index (χ3v) is 9.78. The van der Waals surface area contributed by atoms with Crippen molar-refractivity contribution in [2.75, 3.05) is 20.3 Å². The summed E-state index contributed by atoms with van der Waals surface area (Å²) in [6.07, 6.45) is -4.61. The molecule has 0 aliphatic carbocycles. The third kappa shape index (κ3) is 10.4. The van der Waals surface area contributed by atoms with Crippen molar-refractivity contribution in [3.63, 3.8) is 0 Å². The van der Waals surface area contributed by atoms with E-state index in [1.54, 1.807) is 51.1 Å². The Balaban J connectivity index is 1.99. The molecule has 2 aliphatic rings. The molecule has 0 bridgehead atoms.